The van der Waals surface area contributed by atoms with Crippen LogP contribution in [-0.2, 0) is 9.59 Å². The first-order valence-corrected chi connectivity index (χ1v) is 6.84. The van der Waals surface area contributed by atoms with E-state index in [2.05, 4.69) is 10.6 Å². The van der Waals surface area contributed by atoms with E-state index >= 15 is 0 Å². The van der Waals surface area contributed by atoms with Crippen LogP contribution >= 0.6 is 11.8 Å². The normalized spacial score (nSPS) is 12.5. The lowest BCUT2D eigenvalue weighted by atomic mass is 10.2. The molecule has 0 heterocycles. The molecule has 0 saturated heterocycles. The van der Waals surface area contributed by atoms with Gasteiger partial charge >= 0.3 is 0 Å². The third-order valence-electron chi connectivity index (χ3n) is 1.98. The van der Waals surface area contributed by atoms with Crippen molar-refractivity contribution >= 4 is 23.5 Å². The summed E-state index contributed by atoms with van der Waals surface area (Å²) in [5.74, 6) is 0.863. The second-order valence-electron chi connectivity index (χ2n) is 4.07. The molecule has 0 rings (SSSR count). The van der Waals surface area contributed by atoms with Gasteiger partial charge in [-0.3, -0.25) is 9.59 Å². The zero-order valence-electron chi connectivity index (χ0n) is 10.7. The van der Waals surface area contributed by atoms with Gasteiger partial charge in [-0.1, -0.05) is 13.8 Å². The van der Waals surface area contributed by atoms with Gasteiger partial charge in [0.05, 0.1) is 18.4 Å². The fraction of sp³-hybridized carbons (Fsp3) is 0.818. The van der Waals surface area contributed by atoms with Gasteiger partial charge in [-0.15, -0.1) is 11.8 Å². The van der Waals surface area contributed by atoms with Gasteiger partial charge in [-0.25, -0.2) is 0 Å². The van der Waals surface area contributed by atoms with Gasteiger partial charge in [0, 0.05) is 18.3 Å². The molecule has 1 atom stereocenters. The Morgan fingerprint density at radius 3 is 2.47 bits per heavy atom. The van der Waals surface area contributed by atoms with E-state index in [9.17, 15) is 9.59 Å². The lowest BCUT2D eigenvalue weighted by Crippen LogP contribution is -2.42. The van der Waals surface area contributed by atoms with Crippen LogP contribution < -0.4 is 10.6 Å². The molecule has 0 radical (unpaired) electrons. The van der Waals surface area contributed by atoms with E-state index in [-0.39, 0.29) is 36.9 Å². The van der Waals surface area contributed by atoms with Gasteiger partial charge in [0.1, 0.15) is 5.78 Å². The summed E-state index contributed by atoms with van der Waals surface area (Å²) in [6, 6.07) is 0.0401. The number of hydrogen-bond acceptors (Lipinski definition) is 5. The largest absolute Gasteiger partial charge is 0.395 e. The van der Waals surface area contributed by atoms with Crippen LogP contribution in [0.1, 0.15) is 20.8 Å². The zero-order chi connectivity index (χ0) is 13.3. The van der Waals surface area contributed by atoms with Crippen LogP contribution in [0.4, 0.5) is 0 Å². The second-order valence-corrected chi connectivity index (χ2v) is 5.10. The maximum Gasteiger partial charge on any atom is 0.230 e. The summed E-state index contributed by atoms with van der Waals surface area (Å²) in [4.78, 5) is 22.5. The number of Topliss-reactive ketones (excluding diaryl/α,β-unsaturated/α-hetero) is 1. The fourth-order valence-corrected chi connectivity index (χ4v) is 2.17. The summed E-state index contributed by atoms with van der Waals surface area (Å²) >= 11 is 1.41. The molecule has 3 N–H and O–H groups in total. The molecular weight excluding hydrogens is 240 g/mol. The number of aliphatic hydroxyl groups excluding tert-OH is 1. The van der Waals surface area contributed by atoms with Crippen molar-refractivity contribution in [3.8, 4) is 0 Å². The molecule has 0 saturated carbocycles. The SMILES string of the molecule is CC(=O)C(CSCC(=O)NCCO)NC(C)C. The highest BCUT2D eigenvalue weighted by molar-refractivity contribution is 8.00. The molecule has 0 aliphatic carbocycles. The standard InChI is InChI=1S/C11H22N2O3S/c1-8(2)13-10(9(3)15)6-17-7-11(16)12-4-5-14/h8,10,13-14H,4-7H2,1-3H3,(H,12,16). The average molecular weight is 262 g/mol. The molecular formula is C11H22N2O3S. The van der Waals surface area contributed by atoms with Crippen molar-refractivity contribution in [3.63, 3.8) is 0 Å². The Bertz CT molecular complexity index is 247. The summed E-state index contributed by atoms with van der Waals surface area (Å²) in [7, 11) is 0. The Labute approximate surface area is 107 Å². The number of amides is 1. The molecule has 0 fully saturated rings. The van der Waals surface area contributed by atoms with E-state index in [1.54, 1.807) is 6.92 Å². The summed E-state index contributed by atoms with van der Waals surface area (Å²) < 4.78 is 0. The third kappa shape index (κ3) is 9.14. The lowest BCUT2D eigenvalue weighted by molar-refractivity contribution is -0.119. The first-order valence-electron chi connectivity index (χ1n) is 5.69. The summed E-state index contributed by atoms with van der Waals surface area (Å²) in [6.45, 7) is 5.73. The van der Waals surface area contributed by atoms with Crippen molar-refractivity contribution in [3.05, 3.63) is 0 Å². The first kappa shape index (κ1) is 16.4. The number of aliphatic hydroxyl groups is 1. The molecule has 5 nitrogen and oxygen atoms in total. The van der Waals surface area contributed by atoms with Crippen molar-refractivity contribution < 1.29 is 14.7 Å². The molecule has 1 amide bonds. The van der Waals surface area contributed by atoms with Crippen molar-refractivity contribution in [1.82, 2.24) is 10.6 Å². The van der Waals surface area contributed by atoms with Crippen LogP contribution in [0.2, 0.25) is 0 Å². The topological polar surface area (TPSA) is 78.4 Å². The Morgan fingerprint density at radius 2 is 2.00 bits per heavy atom. The van der Waals surface area contributed by atoms with Gasteiger partial charge in [0.2, 0.25) is 5.91 Å². The highest BCUT2D eigenvalue weighted by Gasteiger charge is 2.15. The van der Waals surface area contributed by atoms with Gasteiger partial charge in [-0.05, 0) is 6.92 Å². The molecule has 0 aliphatic rings. The summed E-state index contributed by atoms with van der Waals surface area (Å²) in [5.41, 5.74) is 0. The molecule has 0 aromatic rings. The first-order chi connectivity index (χ1) is 7.97. The second kappa shape index (κ2) is 9.44. The van der Waals surface area contributed by atoms with Crippen LogP contribution in [-0.4, -0.2) is 53.5 Å². The van der Waals surface area contributed by atoms with Crippen molar-refractivity contribution in [2.24, 2.45) is 0 Å². The smallest absolute Gasteiger partial charge is 0.230 e. The molecule has 0 aromatic heterocycles. The van der Waals surface area contributed by atoms with Crippen LogP contribution in [0.15, 0.2) is 0 Å². The van der Waals surface area contributed by atoms with Crippen LogP contribution in [0.25, 0.3) is 0 Å². The minimum absolute atomic E-state index is 0.0542. The molecule has 6 heteroatoms. The average Bonchev–Trinajstić information content (AvgIpc) is 2.24. The molecule has 1 unspecified atom stereocenters. The Balaban J connectivity index is 3.82. The monoisotopic (exact) mass is 262 g/mol. The molecule has 100 valence electrons. The fourth-order valence-electron chi connectivity index (χ4n) is 1.20. The van der Waals surface area contributed by atoms with E-state index in [4.69, 9.17) is 5.11 Å². The molecule has 0 aliphatic heterocycles. The number of hydrogen-bond donors (Lipinski definition) is 3. The van der Waals surface area contributed by atoms with Crippen molar-refractivity contribution in [1.29, 1.82) is 0 Å². The zero-order valence-corrected chi connectivity index (χ0v) is 11.5. The van der Waals surface area contributed by atoms with E-state index in [0.29, 0.717) is 11.5 Å². The lowest BCUT2D eigenvalue weighted by Gasteiger charge is -2.18. The van der Waals surface area contributed by atoms with Gasteiger partial charge in [-0.2, -0.15) is 0 Å². The van der Waals surface area contributed by atoms with Gasteiger partial charge < -0.3 is 15.7 Å². The highest BCUT2D eigenvalue weighted by Crippen LogP contribution is 2.04. The maximum atomic E-state index is 11.3. The van der Waals surface area contributed by atoms with Crippen LogP contribution in [0, 0.1) is 0 Å². The van der Waals surface area contributed by atoms with E-state index < -0.39 is 0 Å². The predicted octanol–water partition coefficient (Wildman–Crippen LogP) is -0.216. The number of carbonyl (C=O) groups is 2. The third-order valence-corrected chi connectivity index (χ3v) is 3.01. The van der Waals surface area contributed by atoms with E-state index in [1.807, 2.05) is 13.8 Å². The minimum atomic E-state index is -0.203. The minimum Gasteiger partial charge on any atom is -0.395 e. The number of nitrogens with one attached hydrogen (secondary N) is 2. The summed E-state index contributed by atoms with van der Waals surface area (Å²) in [6.07, 6.45) is 0. The van der Waals surface area contributed by atoms with Gasteiger partial charge in [0.25, 0.3) is 0 Å². The Hall–Kier alpha value is -0.590. The van der Waals surface area contributed by atoms with Gasteiger partial charge in [0.15, 0.2) is 0 Å². The van der Waals surface area contributed by atoms with E-state index in [0.717, 1.165) is 0 Å². The molecule has 0 spiro atoms. The van der Waals surface area contributed by atoms with E-state index in [1.165, 1.54) is 11.8 Å². The molecule has 0 bridgehead atoms. The van der Waals surface area contributed by atoms with Crippen LogP contribution in [0.5, 0.6) is 0 Å². The maximum absolute atomic E-state index is 11.3. The quantitative estimate of drug-likeness (QED) is 0.535. The number of ketones is 1. The number of thioether (sulfide) groups is 1. The van der Waals surface area contributed by atoms with Crippen molar-refractivity contribution in [2.75, 3.05) is 24.7 Å². The summed E-state index contributed by atoms with van der Waals surface area (Å²) in [5, 5.41) is 14.2. The molecule has 0 aromatic carbocycles. The highest BCUT2D eigenvalue weighted by atomic mass is 32.2. The Morgan fingerprint density at radius 1 is 1.35 bits per heavy atom. The Kier molecular flexibility index (Phi) is 9.11. The van der Waals surface area contributed by atoms with Crippen molar-refractivity contribution in [2.45, 2.75) is 32.9 Å². The molecule has 17 heavy (non-hydrogen) atoms. The number of carbonyl (C=O) groups excluding carboxylic acids is 2. The predicted molar refractivity (Wildman–Crippen MR) is 70.2 cm³/mol. The number of rotatable bonds is 9. The van der Waals surface area contributed by atoms with Crippen LogP contribution in [0.3, 0.4) is 0 Å².